The van der Waals surface area contributed by atoms with Crippen molar-refractivity contribution in [1.29, 1.82) is 0 Å². The van der Waals surface area contributed by atoms with Gasteiger partial charge in [-0.25, -0.2) is 13.6 Å². The van der Waals surface area contributed by atoms with Crippen LogP contribution < -0.4 is 5.73 Å². The highest BCUT2D eigenvalue weighted by molar-refractivity contribution is 5.75. The Morgan fingerprint density at radius 3 is 2.41 bits per heavy atom. The van der Waals surface area contributed by atoms with Crippen molar-refractivity contribution in [2.24, 2.45) is 5.73 Å². The molecule has 0 radical (unpaired) electrons. The summed E-state index contributed by atoms with van der Waals surface area (Å²) in [5.74, 6) is -5.79. The van der Waals surface area contributed by atoms with Gasteiger partial charge in [0, 0.05) is 6.42 Å². The Balaban J connectivity index is 2.72. The van der Waals surface area contributed by atoms with E-state index in [-0.39, 0.29) is 19.3 Å². The lowest BCUT2D eigenvalue weighted by molar-refractivity contribution is -0.209. The topological polar surface area (TPSA) is 52.3 Å². The van der Waals surface area contributed by atoms with Gasteiger partial charge in [0.2, 0.25) is 0 Å². The number of alkyl halides is 5. The third-order valence-electron chi connectivity index (χ3n) is 2.63. The molecule has 0 saturated heterocycles. The second-order valence-corrected chi connectivity index (χ2v) is 3.97. The molecule has 0 aromatic carbocycles. The van der Waals surface area contributed by atoms with Crippen LogP contribution in [0.25, 0.3) is 0 Å². The van der Waals surface area contributed by atoms with E-state index in [2.05, 4.69) is 4.74 Å². The molecule has 17 heavy (non-hydrogen) atoms. The largest absolute Gasteiger partial charge is 0.490 e. The fourth-order valence-corrected chi connectivity index (χ4v) is 1.66. The van der Waals surface area contributed by atoms with Gasteiger partial charge in [0.15, 0.2) is 0 Å². The van der Waals surface area contributed by atoms with Crippen LogP contribution in [0.2, 0.25) is 0 Å². The molecule has 8 heteroatoms. The number of hydrogen-bond donors (Lipinski definition) is 1. The van der Waals surface area contributed by atoms with Crippen LogP contribution in [-0.2, 0) is 9.53 Å². The van der Waals surface area contributed by atoms with Crippen LogP contribution in [0.1, 0.15) is 25.7 Å². The molecule has 0 amide bonds. The molecule has 1 rings (SSSR count). The van der Waals surface area contributed by atoms with Gasteiger partial charge in [-0.05, 0) is 19.3 Å². The number of halogens is 5. The molecule has 0 bridgehead atoms. The summed E-state index contributed by atoms with van der Waals surface area (Å²) in [4.78, 5) is 10.6. The summed E-state index contributed by atoms with van der Waals surface area (Å²) in [6.45, 7) is 0. The van der Waals surface area contributed by atoms with Crippen molar-refractivity contribution in [2.75, 3.05) is 0 Å². The third-order valence-corrected chi connectivity index (χ3v) is 2.63. The van der Waals surface area contributed by atoms with E-state index in [4.69, 9.17) is 5.73 Å². The van der Waals surface area contributed by atoms with E-state index in [1.165, 1.54) is 0 Å². The van der Waals surface area contributed by atoms with Crippen LogP contribution in [0.15, 0.2) is 0 Å². The van der Waals surface area contributed by atoms with E-state index >= 15 is 0 Å². The highest BCUT2D eigenvalue weighted by atomic mass is 19.4. The molecule has 100 valence electrons. The molecule has 1 saturated carbocycles. The van der Waals surface area contributed by atoms with E-state index in [1.807, 2.05) is 0 Å². The highest BCUT2D eigenvalue weighted by Gasteiger charge is 2.48. The van der Waals surface area contributed by atoms with E-state index in [9.17, 15) is 26.7 Å². The Labute approximate surface area is 94.1 Å². The molecule has 0 aromatic heterocycles. The monoisotopic (exact) mass is 261 g/mol. The van der Waals surface area contributed by atoms with E-state index in [0.29, 0.717) is 0 Å². The Morgan fingerprint density at radius 2 is 1.88 bits per heavy atom. The standard InChI is InChI=1S/C9H12F5NO2/c10-8(11)4-2-1-3-5(6(8)15)17-7(16)9(12,13)14/h5-6H,1-4,15H2/t5-,6+/m1/s1. The van der Waals surface area contributed by atoms with Gasteiger partial charge in [-0.15, -0.1) is 0 Å². The lowest BCUT2D eigenvalue weighted by atomic mass is 10.0. The summed E-state index contributed by atoms with van der Waals surface area (Å²) >= 11 is 0. The smallest absolute Gasteiger partial charge is 0.454 e. The number of carbonyl (C=O) groups excluding carboxylic acids is 1. The van der Waals surface area contributed by atoms with Crippen molar-refractivity contribution in [1.82, 2.24) is 0 Å². The molecule has 1 aliphatic carbocycles. The van der Waals surface area contributed by atoms with Crippen LogP contribution in [0, 0.1) is 0 Å². The fraction of sp³-hybridized carbons (Fsp3) is 0.889. The van der Waals surface area contributed by atoms with Crippen molar-refractivity contribution < 1.29 is 31.5 Å². The molecule has 0 spiro atoms. The molecule has 0 unspecified atom stereocenters. The van der Waals surface area contributed by atoms with Crippen LogP contribution in [0.5, 0.6) is 0 Å². The maximum absolute atomic E-state index is 13.3. The zero-order chi connectivity index (χ0) is 13.3. The molecule has 2 N–H and O–H groups in total. The summed E-state index contributed by atoms with van der Waals surface area (Å²) in [5.41, 5.74) is 5.15. The van der Waals surface area contributed by atoms with Gasteiger partial charge >= 0.3 is 12.1 Å². The van der Waals surface area contributed by atoms with Gasteiger partial charge < -0.3 is 10.5 Å². The summed E-state index contributed by atoms with van der Waals surface area (Å²) in [6, 6.07) is -1.89. The first-order valence-corrected chi connectivity index (χ1v) is 5.06. The molecular weight excluding hydrogens is 249 g/mol. The lowest BCUT2D eigenvalue weighted by Crippen LogP contribution is -2.50. The first-order chi connectivity index (χ1) is 7.64. The molecule has 0 aliphatic heterocycles. The summed E-state index contributed by atoms with van der Waals surface area (Å²) in [5, 5.41) is 0. The van der Waals surface area contributed by atoms with Crippen molar-refractivity contribution in [3.05, 3.63) is 0 Å². The number of ether oxygens (including phenoxy) is 1. The highest BCUT2D eigenvalue weighted by Crippen LogP contribution is 2.33. The average Bonchev–Trinajstić information content (AvgIpc) is 2.29. The predicted molar refractivity (Wildman–Crippen MR) is 47.3 cm³/mol. The Morgan fingerprint density at radius 1 is 1.29 bits per heavy atom. The van der Waals surface area contributed by atoms with Crippen molar-refractivity contribution in [3.8, 4) is 0 Å². The maximum atomic E-state index is 13.3. The maximum Gasteiger partial charge on any atom is 0.490 e. The van der Waals surface area contributed by atoms with E-state index in [0.717, 1.165) is 0 Å². The molecule has 0 heterocycles. The minimum absolute atomic E-state index is 0.0847. The van der Waals surface area contributed by atoms with Crippen molar-refractivity contribution >= 4 is 5.97 Å². The molecule has 1 fully saturated rings. The molecule has 3 nitrogen and oxygen atoms in total. The van der Waals surface area contributed by atoms with Gasteiger partial charge in [-0.2, -0.15) is 13.2 Å². The van der Waals surface area contributed by atoms with Gasteiger partial charge in [-0.1, -0.05) is 0 Å². The van der Waals surface area contributed by atoms with Crippen LogP contribution >= 0.6 is 0 Å². The van der Waals surface area contributed by atoms with Gasteiger partial charge in [0.1, 0.15) is 12.1 Å². The van der Waals surface area contributed by atoms with E-state index in [1.54, 1.807) is 0 Å². The Bertz CT molecular complexity index is 292. The molecule has 0 aromatic rings. The zero-order valence-electron chi connectivity index (χ0n) is 8.77. The fourth-order valence-electron chi connectivity index (χ4n) is 1.66. The Kier molecular flexibility index (Phi) is 3.95. The zero-order valence-corrected chi connectivity index (χ0v) is 8.77. The SMILES string of the molecule is N[C@H]1[C@H](OC(=O)C(F)(F)F)CCCCC1(F)F. The average molecular weight is 261 g/mol. The summed E-state index contributed by atoms with van der Waals surface area (Å²) in [6.07, 6.45) is -6.99. The minimum Gasteiger partial charge on any atom is -0.454 e. The van der Waals surface area contributed by atoms with Crippen LogP contribution in [0.4, 0.5) is 22.0 Å². The van der Waals surface area contributed by atoms with Gasteiger partial charge in [-0.3, -0.25) is 0 Å². The molecule has 2 atom stereocenters. The number of rotatable bonds is 1. The predicted octanol–water partition coefficient (Wildman–Crippen LogP) is 2.00. The number of carbonyl (C=O) groups is 1. The third kappa shape index (κ3) is 3.52. The second-order valence-electron chi connectivity index (χ2n) is 3.97. The lowest BCUT2D eigenvalue weighted by Gasteiger charge is -2.27. The number of hydrogen-bond acceptors (Lipinski definition) is 3. The minimum atomic E-state index is -5.19. The number of nitrogens with two attached hydrogens (primary N) is 1. The van der Waals surface area contributed by atoms with Crippen LogP contribution in [0.3, 0.4) is 0 Å². The van der Waals surface area contributed by atoms with Gasteiger partial charge in [0.05, 0.1) is 0 Å². The Hall–Kier alpha value is -0.920. The second kappa shape index (κ2) is 4.75. The summed E-state index contributed by atoms with van der Waals surface area (Å²) in [7, 11) is 0. The first kappa shape index (κ1) is 14.1. The quantitative estimate of drug-likeness (QED) is 0.446. The molecular formula is C9H12F5NO2. The van der Waals surface area contributed by atoms with Crippen LogP contribution in [-0.4, -0.2) is 30.2 Å². The molecule has 1 aliphatic rings. The van der Waals surface area contributed by atoms with Gasteiger partial charge in [0.25, 0.3) is 5.92 Å². The first-order valence-electron chi connectivity index (χ1n) is 5.06. The normalized spacial score (nSPS) is 29.5. The number of esters is 1. The van der Waals surface area contributed by atoms with E-state index < -0.39 is 36.6 Å². The van der Waals surface area contributed by atoms with Crippen molar-refractivity contribution in [2.45, 2.75) is 49.9 Å². The summed E-state index contributed by atoms with van der Waals surface area (Å²) < 4.78 is 66.3. The van der Waals surface area contributed by atoms with Crippen molar-refractivity contribution in [3.63, 3.8) is 0 Å².